The van der Waals surface area contributed by atoms with E-state index < -0.39 is 0 Å². The highest BCUT2D eigenvalue weighted by Crippen LogP contribution is 2.26. The predicted octanol–water partition coefficient (Wildman–Crippen LogP) is 2.96. The van der Waals surface area contributed by atoms with Gasteiger partial charge in [0.1, 0.15) is 6.26 Å². The van der Waals surface area contributed by atoms with E-state index in [0.29, 0.717) is 16.3 Å². The van der Waals surface area contributed by atoms with Gasteiger partial charge in [-0.2, -0.15) is 15.0 Å². The van der Waals surface area contributed by atoms with Crippen LogP contribution in [0.15, 0.2) is 21.1 Å². The van der Waals surface area contributed by atoms with Crippen molar-refractivity contribution in [2.45, 2.75) is 36.6 Å². The third kappa shape index (κ3) is 3.21. The number of hydrogen-bond donors (Lipinski definition) is 0. The first-order valence-corrected chi connectivity index (χ1v) is 7.67. The third-order valence-electron chi connectivity index (χ3n) is 2.99. The number of halogens is 1. The van der Waals surface area contributed by atoms with Gasteiger partial charge in [0.15, 0.2) is 0 Å². The average Bonchev–Trinajstić information content (AvgIpc) is 2.84. The maximum absolute atomic E-state index is 5.99. The molecule has 0 spiro atoms. The zero-order chi connectivity index (χ0) is 13.9. The van der Waals surface area contributed by atoms with Crippen LogP contribution in [0.4, 0.5) is 5.95 Å². The normalized spacial score (nSPS) is 15.6. The maximum atomic E-state index is 5.99. The molecule has 0 saturated carbocycles. The zero-order valence-corrected chi connectivity index (χ0v) is 12.6. The van der Waals surface area contributed by atoms with E-state index in [4.69, 9.17) is 16.0 Å². The van der Waals surface area contributed by atoms with E-state index in [2.05, 4.69) is 24.8 Å². The summed E-state index contributed by atoms with van der Waals surface area (Å²) >= 11 is 7.24. The first-order chi connectivity index (χ1) is 9.70. The monoisotopic (exact) mass is 311 g/mol. The van der Waals surface area contributed by atoms with E-state index >= 15 is 0 Å². The second kappa shape index (κ2) is 5.97. The van der Waals surface area contributed by atoms with Crippen LogP contribution in [0.1, 0.15) is 25.0 Å². The minimum absolute atomic E-state index is 0.200. The highest BCUT2D eigenvalue weighted by Gasteiger charge is 2.17. The molecule has 0 amide bonds. The summed E-state index contributed by atoms with van der Waals surface area (Å²) < 4.78 is 5.29. The summed E-state index contributed by atoms with van der Waals surface area (Å²) in [5.74, 6) is 0.635. The topological polar surface area (TPSA) is 67.9 Å². The Morgan fingerprint density at radius 1 is 1.15 bits per heavy atom. The summed E-state index contributed by atoms with van der Waals surface area (Å²) in [6, 6.07) is 0. The molecule has 8 heteroatoms. The molecule has 20 heavy (non-hydrogen) atoms. The second-order valence-corrected chi connectivity index (χ2v) is 5.85. The molecular weight excluding hydrogens is 298 g/mol. The molecule has 0 aromatic carbocycles. The number of nitrogens with zero attached hydrogens (tertiary/aromatic N) is 5. The van der Waals surface area contributed by atoms with Crippen LogP contribution in [-0.2, 0) is 0 Å². The largest absolute Gasteiger partial charge is 0.439 e. The van der Waals surface area contributed by atoms with Crippen molar-refractivity contribution in [1.29, 1.82) is 0 Å². The van der Waals surface area contributed by atoms with E-state index in [9.17, 15) is 0 Å². The molecule has 0 bridgehead atoms. The number of piperidine rings is 1. The summed E-state index contributed by atoms with van der Waals surface area (Å²) in [6.07, 6.45) is 5.17. The van der Waals surface area contributed by atoms with Crippen molar-refractivity contribution in [3.63, 3.8) is 0 Å². The molecule has 6 nitrogen and oxygen atoms in total. The summed E-state index contributed by atoms with van der Waals surface area (Å²) in [5, 5.41) is 1.22. The quantitative estimate of drug-likeness (QED) is 0.863. The Kier molecular flexibility index (Phi) is 4.07. The Labute approximate surface area is 126 Å². The lowest BCUT2D eigenvalue weighted by atomic mass is 10.1. The van der Waals surface area contributed by atoms with Crippen molar-refractivity contribution in [3.05, 3.63) is 17.2 Å². The number of aryl methyl sites for hydroxylation is 1. The Hall–Kier alpha value is -1.34. The van der Waals surface area contributed by atoms with E-state index in [1.54, 1.807) is 6.26 Å². The predicted molar refractivity (Wildman–Crippen MR) is 76.3 cm³/mol. The lowest BCUT2D eigenvalue weighted by molar-refractivity contribution is 0.453. The van der Waals surface area contributed by atoms with Gasteiger partial charge in [-0.05, 0) is 37.8 Å². The standard InChI is InChI=1S/C12H14ClN5OS/c1-8-7-19-12(14-8)20-11-16-9(13)15-10(17-11)18-5-3-2-4-6-18/h7H,2-6H2,1H3. The molecule has 0 radical (unpaired) electrons. The molecule has 2 aromatic rings. The van der Waals surface area contributed by atoms with Crippen LogP contribution in [0, 0.1) is 6.92 Å². The van der Waals surface area contributed by atoms with Gasteiger partial charge >= 0.3 is 0 Å². The van der Waals surface area contributed by atoms with Gasteiger partial charge < -0.3 is 9.32 Å². The van der Waals surface area contributed by atoms with Crippen LogP contribution in [0.2, 0.25) is 5.28 Å². The van der Waals surface area contributed by atoms with Gasteiger partial charge in [-0.1, -0.05) is 0 Å². The molecule has 106 valence electrons. The lowest BCUT2D eigenvalue weighted by Crippen LogP contribution is -2.31. The molecule has 0 N–H and O–H groups in total. The van der Waals surface area contributed by atoms with Crippen LogP contribution in [0.5, 0.6) is 0 Å². The molecule has 1 aliphatic rings. The van der Waals surface area contributed by atoms with Crippen molar-refractivity contribution in [3.8, 4) is 0 Å². The lowest BCUT2D eigenvalue weighted by Gasteiger charge is -2.26. The molecule has 0 atom stereocenters. The van der Waals surface area contributed by atoms with Crippen LogP contribution in [-0.4, -0.2) is 33.0 Å². The number of anilines is 1. The van der Waals surface area contributed by atoms with Gasteiger partial charge in [-0.15, -0.1) is 0 Å². The maximum Gasteiger partial charge on any atom is 0.263 e. The minimum atomic E-state index is 0.200. The van der Waals surface area contributed by atoms with Crippen molar-refractivity contribution >= 4 is 29.3 Å². The Bertz CT molecular complexity index is 599. The smallest absolute Gasteiger partial charge is 0.263 e. The molecule has 0 aliphatic carbocycles. The van der Waals surface area contributed by atoms with Gasteiger partial charge in [0.2, 0.25) is 16.4 Å². The molecular formula is C12H14ClN5OS. The molecule has 3 heterocycles. The van der Waals surface area contributed by atoms with Gasteiger partial charge in [-0.25, -0.2) is 4.98 Å². The van der Waals surface area contributed by atoms with Crippen molar-refractivity contribution < 1.29 is 4.42 Å². The molecule has 1 saturated heterocycles. The Morgan fingerprint density at radius 3 is 2.65 bits per heavy atom. The fraction of sp³-hybridized carbons (Fsp3) is 0.500. The van der Waals surface area contributed by atoms with Crippen LogP contribution in [0.25, 0.3) is 0 Å². The Balaban J connectivity index is 1.82. The molecule has 0 unspecified atom stereocenters. The SMILES string of the molecule is Cc1coc(Sc2nc(Cl)nc(N3CCCCC3)n2)n1. The van der Waals surface area contributed by atoms with Gasteiger partial charge in [0.05, 0.1) is 5.69 Å². The fourth-order valence-electron chi connectivity index (χ4n) is 2.06. The summed E-state index contributed by atoms with van der Waals surface area (Å²) in [6.45, 7) is 3.79. The highest BCUT2D eigenvalue weighted by atomic mass is 35.5. The van der Waals surface area contributed by atoms with Crippen LogP contribution >= 0.6 is 23.4 Å². The number of oxazole rings is 1. The van der Waals surface area contributed by atoms with Gasteiger partial charge in [-0.3, -0.25) is 0 Å². The summed E-state index contributed by atoms with van der Waals surface area (Å²) in [5.41, 5.74) is 0.823. The van der Waals surface area contributed by atoms with Crippen LogP contribution < -0.4 is 4.90 Å². The minimum Gasteiger partial charge on any atom is -0.439 e. The highest BCUT2D eigenvalue weighted by molar-refractivity contribution is 7.98. The summed E-state index contributed by atoms with van der Waals surface area (Å²) in [7, 11) is 0. The van der Waals surface area contributed by atoms with E-state index in [1.165, 1.54) is 18.2 Å². The van der Waals surface area contributed by atoms with Gasteiger partial charge in [0.25, 0.3) is 5.22 Å². The van der Waals surface area contributed by atoms with E-state index in [-0.39, 0.29) is 5.28 Å². The zero-order valence-electron chi connectivity index (χ0n) is 11.0. The first kappa shape index (κ1) is 13.6. The average molecular weight is 312 g/mol. The summed E-state index contributed by atoms with van der Waals surface area (Å²) in [4.78, 5) is 19.1. The molecule has 2 aromatic heterocycles. The van der Waals surface area contributed by atoms with Crippen LogP contribution in [0.3, 0.4) is 0 Å². The third-order valence-corrected chi connectivity index (χ3v) is 3.89. The van der Waals surface area contributed by atoms with Crippen molar-refractivity contribution in [1.82, 2.24) is 19.9 Å². The molecule has 3 rings (SSSR count). The van der Waals surface area contributed by atoms with Crippen molar-refractivity contribution in [2.75, 3.05) is 18.0 Å². The molecule has 1 fully saturated rings. The van der Waals surface area contributed by atoms with E-state index in [0.717, 1.165) is 31.6 Å². The first-order valence-electron chi connectivity index (χ1n) is 6.47. The van der Waals surface area contributed by atoms with E-state index in [1.807, 2.05) is 6.92 Å². The fourth-order valence-corrected chi connectivity index (χ4v) is 2.97. The number of aromatic nitrogens is 4. The van der Waals surface area contributed by atoms with Crippen molar-refractivity contribution in [2.24, 2.45) is 0 Å². The van der Waals surface area contributed by atoms with Gasteiger partial charge in [0, 0.05) is 24.9 Å². The molecule has 1 aliphatic heterocycles. The Morgan fingerprint density at radius 2 is 1.95 bits per heavy atom. The second-order valence-electron chi connectivity index (χ2n) is 4.59. The number of rotatable bonds is 3. The number of hydrogen-bond acceptors (Lipinski definition) is 7.